The molecule has 3 aromatic rings. The van der Waals surface area contributed by atoms with Crippen LogP contribution in [0, 0.1) is 0 Å². The maximum absolute atomic E-state index is 14.2. The molecule has 1 saturated carbocycles. The molecule has 3 heterocycles. The second kappa shape index (κ2) is 12.7. The number of rotatable bonds is 10. The first-order chi connectivity index (χ1) is 20.2. The fraction of sp³-hybridized carbons (Fsp3) is 0.481. The summed E-state index contributed by atoms with van der Waals surface area (Å²) in [7, 11) is -4.34. The third-order valence-corrected chi connectivity index (χ3v) is 8.80. The quantitative estimate of drug-likeness (QED) is 0.150. The molecule has 2 fully saturated rings. The lowest BCUT2D eigenvalue weighted by atomic mass is 9.98. The Bertz CT molecular complexity index is 1480. The van der Waals surface area contributed by atoms with E-state index in [1.165, 1.54) is 24.1 Å². The number of hydrogen-bond acceptors (Lipinski definition) is 12. The molecule has 226 valence electrons. The van der Waals surface area contributed by atoms with Gasteiger partial charge in [-0.05, 0) is 51.2 Å². The van der Waals surface area contributed by atoms with Crippen LogP contribution >= 0.6 is 7.75 Å². The van der Waals surface area contributed by atoms with Crippen LogP contribution in [0.25, 0.3) is 11.2 Å². The van der Waals surface area contributed by atoms with Gasteiger partial charge in [0.05, 0.1) is 0 Å². The van der Waals surface area contributed by atoms with E-state index in [1.807, 2.05) is 0 Å². The van der Waals surface area contributed by atoms with Gasteiger partial charge in [-0.2, -0.15) is 5.09 Å². The van der Waals surface area contributed by atoms with Gasteiger partial charge in [-0.1, -0.05) is 31.5 Å². The molecule has 1 aromatic carbocycles. The zero-order valence-electron chi connectivity index (χ0n) is 23.3. The Morgan fingerprint density at radius 1 is 1.19 bits per heavy atom. The molecular weight excluding hydrogens is 567 g/mol. The predicted molar refractivity (Wildman–Crippen MR) is 151 cm³/mol. The van der Waals surface area contributed by atoms with Crippen LogP contribution < -0.4 is 15.3 Å². The van der Waals surface area contributed by atoms with Crippen LogP contribution in [0.5, 0.6) is 5.75 Å². The van der Waals surface area contributed by atoms with E-state index in [4.69, 9.17) is 24.3 Å². The minimum absolute atomic E-state index is 0.134. The van der Waals surface area contributed by atoms with E-state index >= 15 is 0 Å². The number of aliphatic hydroxyl groups is 2. The van der Waals surface area contributed by atoms with Gasteiger partial charge in [-0.25, -0.2) is 19.5 Å². The zero-order valence-corrected chi connectivity index (χ0v) is 24.2. The number of esters is 1. The normalized spacial score (nSPS) is 24.4. The standard InChI is InChI=1S/C27H35N6O8P/c1-3-19(27(36)38-17-10-6-4-7-11-17)32-42(37,41-18-12-8-5-9-13-18)40-16(2)23-21(34)22(35)26(39-23)33-15-31-20-24(28)29-14-30-25(20)33/h5,8-9,12-15,17,19,21-22,26,34-35H,3-4,6-7,10-11H2,1-2H3,(H,32,37)(H2,28,29,30)/b23-16+/t19?,21-,22+,26+,42?/m0/s1. The van der Waals surface area contributed by atoms with E-state index in [9.17, 15) is 19.6 Å². The Hall–Kier alpha value is -3.71. The summed E-state index contributed by atoms with van der Waals surface area (Å²) in [5, 5.41) is 24.5. The number of anilines is 1. The summed E-state index contributed by atoms with van der Waals surface area (Å²) in [4.78, 5) is 25.3. The van der Waals surface area contributed by atoms with Gasteiger partial charge in [0, 0.05) is 0 Å². The summed E-state index contributed by atoms with van der Waals surface area (Å²) in [5.74, 6) is -0.525. The van der Waals surface area contributed by atoms with Gasteiger partial charge in [-0.3, -0.25) is 9.36 Å². The molecule has 15 heteroatoms. The third-order valence-electron chi connectivity index (χ3n) is 7.21. The Morgan fingerprint density at radius 3 is 2.64 bits per heavy atom. The van der Waals surface area contributed by atoms with E-state index in [0.717, 1.165) is 32.1 Å². The molecule has 0 amide bonds. The molecule has 2 aromatic heterocycles. The minimum atomic E-state index is -4.34. The molecule has 14 nitrogen and oxygen atoms in total. The molecule has 5 atom stereocenters. The van der Waals surface area contributed by atoms with Gasteiger partial charge in [-0.15, -0.1) is 0 Å². The number of hydrogen-bond donors (Lipinski definition) is 4. The minimum Gasteiger partial charge on any atom is -0.465 e. The topological polar surface area (TPSA) is 193 Å². The SMILES string of the molecule is CCC(NP(=O)(O/C(C)=C1/O[C@@H](n2cnc3c(N)ncnc32)[C@H](O)[C@@H]1O)Oc1ccccc1)C(=O)OC1CCCCC1. The van der Waals surface area contributed by atoms with Crippen molar-refractivity contribution in [1.82, 2.24) is 24.6 Å². The summed E-state index contributed by atoms with van der Waals surface area (Å²) in [6.45, 7) is 3.15. The van der Waals surface area contributed by atoms with Gasteiger partial charge < -0.3 is 34.5 Å². The highest BCUT2D eigenvalue weighted by molar-refractivity contribution is 7.52. The molecule has 5 N–H and O–H groups in total. The number of allylic oxidation sites excluding steroid dienone is 1. The smallest absolute Gasteiger partial charge is 0.465 e. The molecular formula is C27H35N6O8P. The number of benzene rings is 1. The van der Waals surface area contributed by atoms with Crippen LogP contribution in [0.4, 0.5) is 5.82 Å². The third kappa shape index (κ3) is 6.36. The molecule has 42 heavy (non-hydrogen) atoms. The number of imidazole rings is 1. The first-order valence-corrected chi connectivity index (χ1v) is 15.4. The maximum atomic E-state index is 14.2. The molecule has 0 spiro atoms. The van der Waals surface area contributed by atoms with Crippen LogP contribution in [0.15, 0.2) is 54.5 Å². The van der Waals surface area contributed by atoms with Gasteiger partial charge in [0.25, 0.3) is 0 Å². The Kier molecular flexibility index (Phi) is 8.97. The lowest BCUT2D eigenvalue weighted by Crippen LogP contribution is -2.39. The van der Waals surface area contributed by atoms with Crippen molar-refractivity contribution in [3.63, 3.8) is 0 Å². The molecule has 5 rings (SSSR count). The first-order valence-electron chi connectivity index (χ1n) is 13.9. The number of aromatic nitrogens is 4. The second-order valence-corrected chi connectivity index (χ2v) is 11.8. The largest absolute Gasteiger partial charge is 0.513 e. The molecule has 0 radical (unpaired) electrons. The molecule has 1 aliphatic heterocycles. The number of carbonyl (C=O) groups excluding carboxylic acids is 1. The van der Waals surface area contributed by atoms with Crippen LogP contribution in [0.3, 0.4) is 0 Å². The highest BCUT2D eigenvalue weighted by Gasteiger charge is 2.45. The Labute approximate surface area is 242 Å². The highest BCUT2D eigenvalue weighted by atomic mass is 31.2. The summed E-state index contributed by atoms with van der Waals surface area (Å²) in [5.41, 5.74) is 6.44. The average molecular weight is 603 g/mol. The van der Waals surface area contributed by atoms with Gasteiger partial charge in [0.2, 0.25) is 6.23 Å². The summed E-state index contributed by atoms with van der Waals surface area (Å²) in [6, 6.07) is 7.30. The molecule has 2 aliphatic rings. The van der Waals surface area contributed by atoms with Crippen molar-refractivity contribution in [2.24, 2.45) is 0 Å². The average Bonchev–Trinajstić information content (AvgIpc) is 3.54. The monoisotopic (exact) mass is 602 g/mol. The fourth-order valence-corrected chi connectivity index (χ4v) is 6.66. The fourth-order valence-electron chi connectivity index (χ4n) is 5.00. The number of nitrogen functional groups attached to an aromatic ring is 1. The van der Waals surface area contributed by atoms with Crippen molar-refractivity contribution >= 4 is 30.7 Å². The predicted octanol–water partition coefficient (Wildman–Crippen LogP) is 3.34. The summed E-state index contributed by atoms with van der Waals surface area (Å²) < 4.78 is 38.8. The van der Waals surface area contributed by atoms with Crippen LogP contribution in [0.1, 0.15) is 58.6 Å². The molecule has 1 aliphatic carbocycles. The molecule has 0 bridgehead atoms. The Balaban J connectivity index is 1.40. The lowest BCUT2D eigenvalue weighted by molar-refractivity contribution is -0.152. The van der Waals surface area contributed by atoms with Crippen LogP contribution in [0.2, 0.25) is 0 Å². The first kappa shape index (κ1) is 29.8. The lowest BCUT2D eigenvalue weighted by Gasteiger charge is -2.27. The van der Waals surface area contributed by atoms with Crippen molar-refractivity contribution in [2.45, 2.75) is 83.0 Å². The van der Waals surface area contributed by atoms with E-state index < -0.39 is 38.2 Å². The van der Waals surface area contributed by atoms with Crippen molar-refractivity contribution in [2.75, 3.05) is 5.73 Å². The van der Waals surface area contributed by atoms with Crippen molar-refractivity contribution in [3.8, 4) is 5.75 Å². The van der Waals surface area contributed by atoms with E-state index in [2.05, 4.69) is 20.0 Å². The molecule has 1 saturated heterocycles. The number of para-hydroxylation sites is 1. The summed E-state index contributed by atoms with van der Waals surface area (Å²) in [6.07, 6.45) is 3.09. The van der Waals surface area contributed by atoms with Gasteiger partial charge >= 0.3 is 13.7 Å². The van der Waals surface area contributed by atoms with Gasteiger partial charge in [0.1, 0.15) is 54.0 Å². The summed E-state index contributed by atoms with van der Waals surface area (Å²) >= 11 is 0. The van der Waals surface area contributed by atoms with E-state index in [1.54, 1.807) is 37.3 Å². The maximum Gasteiger partial charge on any atom is 0.513 e. The second-order valence-electron chi connectivity index (χ2n) is 10.2. The van der Waals surface area contributed by atoms with Crippen molar-refractivity contribution in [3.05, 3.63) is 54.5 Å². The van der Waals surface area contributed by atoms with E-state index in [-0.39, 0.29) is 41.3 Å². The Morgan fingerprint density at radius 2 is 1.93 bits per heavy atom. The number of ether oxygens (including phenoxy) is 2. The van der Waals surface area contributed by atoms with Crippen LogP contribution in [-0.2, 0) is 23.4 Å². The number of carbonyl (C=O) groups is 1. The van der Waals surface area contributed by atoms with Crippen molar-refractivity contribution < 1.29 is 38.1 Å². The van der Waals surface area contributed by atoms with Gasteiger partial charge in [0.15, 0.2) is 17.2 Å². The number of nitrogens with zero attached hydrogens (tertiary/aromatic N) is 4. The number of fused-ring (bicyclic) bond motifs is 1. The highest BCUT2D eigenvalue weighted by Crippen LogP contribution is 2.49. The number of aliphatic hydroxyl groups excluding tert-OH is 2. The zero-order chi connectivity index (χ0) is 29.9. The van der Waals surface area contributed by atoms with Crippen LogP contribution in [-0.4, -0.2) is 60.1 Å². The van der Waals surface area contributed by atoms with Crippen molar-refractivity contribution in [1.29, 1.82) is 0 Å². The number of nitrogens with two attached hydrogens (primary N) is 1. The van der Waals surface area contributed by atoms with E-state index in [0.29, 0.717) is 5.52 Å². The molecule has 2 unspecified atom stereocenters. The number of nitrogens with one attached hydrogen (secondary N) is 1.